The minimum atomic E-state index is -0.856. The molecule has 5 nitrogen and oxygen atoms in total. The number of carbonyl (C=O) groups is 3. The first kappa shape index (κ1) is 17.8. The van der Waals surface area contributed by atoms with E-state index >= 15 is 0 Å². The summed E-state index contributed by atoms with van der Waals surface area (Å²) in [4.78, 5) is 34.8. The molecule has 0 saturated carbocycles. The van der Waals surface area contributed by atoms with E-state index in [4.69, 9.17) is 5.73 Å². The second-order valence-corrected chi connectivity index (χ2v) is 6.35. The first-order valence-electron chi connectivity index (χ1n) is 6.41. The van der Waals surface area contributed by atoms with Crippen LogP contribution in [-0.4, -0.2) is 23.6 Å². The molecule has 0 aliphatic rings. The first-order chi connectivity index (χ1) is 9.83. The molecule has 2 amide bonds. The highest BCUT2D eigenvalue weighted by Gasteiger charge is 2.20. The van der Waals surface area contributed by atoms with E-state index in [0.717, 1.165) is 8.95 Å². The molecule has 0 spiro atoms. The third kappa shape index (κ3) is 5.97. The van der Waals surface area contributed by atoms with E-state index in [1.54, 1.807) is 25.1 Å². The molecule has 0 aliphatic carbocycles. The van der Waals surface area contributed by atoms with E-state index < -0.39 is 17.9 Å². The van der Waals surface area contributed by atoms with Gasteiger partial charge in [0.2, 0.25) is 5.91 Å². The van der Waals surface area contributed by atoms with Gasteiger partial charge in [0.25, 0.3) is 5.91 Å². The van der Waals surface area contributed by atoms with Crippen molar-refractivity contribution in [1.82, 2.24) is 5.32 Å². The first-order valence-corrected chi connectivity index (χ1v) is 8.00. The predicted molar refractivity (Wildman–Crippen MR) is 86.8 cm³/mol. The predicted octanol–water partition coefficient (Wildman–Crippen LogP) is 2.55. The van der Waals surface area contributed by atoms with Crippen LogP contribution in [0.2, 0.25) is 0 Å². The maximum atomic E-state index is 12.1. The second-order valence-electron chi connectivity index (χ2n) is 4.52. The van der Waals surface area contributed by atoms with Gasteiger partial charge in [-0.2, -0.15) is 0 Å². The van der Waals surface area contributed by atoms with Gasteiger partial charge in [-0.1, -0.05) is 38.8 Å². The van der Waals surface area contributed by atoms with E-state index in [9.17, 15) is 14.4 Å². The molecule has 1 rings (SSSR count). The second kappa shape index (κ2) is 8.29. The molecule has 0 unspecified atom stereocenters. The van der Waals surface area contributed by atoms with Crippen LogP contribution in [-0.2, 0) is 9.59 Å². The Labute approximate surface area is 139 Å². The number of primary amides is 1. The summed E-state index contributed by atoms with van der Waals surface area (Å²) in [5, 5.41) is 2.56. The fourth-order valence-electron chi connectivity index (χ4n) is 1.69. The number of halogens is 2. The number of benzene rings is 1. The Morgan fingerprint density at radius 2 is 1.76 bits per heavy atom. The Morgan fingerprint density at radius 1 is 1.19 bits per heavy atom. The third-order valence-electron chi connectivity index (χ3n) is 2.88. The van der Waals surface area contributed by atoms with Crippen LogP contribution >= 0.6 is 31.9 Å². The Morgan fingerprint density at radius 3 is 2.24 bits per heavy atom. The van der Waals surface area contributed by atoms with Gasteiger partial charge in [0.1, 0.15) is 11.8 Å². The normalized spacial score (nSPS) is 11.8. The zero-order valence-electron chi connectivity index (χ0n) is 11.5. The van der Waals surface area contributed by atoms with E-state index in [1.807, 2.05) is 0 Å². The van der Waals surface area contributed by atoms with Crippen molar-refractivity contribution < 1.29 is 14.4 Å². The van der Waals surface area contributed by atoms with Crippen LogP contribution in [0.25, 0.3) is 0 Å². The van der Waals surface area contributed by atoms with E-state index in [0.29, 0.717) is 12.0 Å². The number of carbonyl (C=O) groups excluding carboxylic acids is 3. The van der Waals surface area contributed by atoms with Crippen molar-refractivity contribution in [1.29, 1.82) is 0 Å². The molecule has 7 heteroatoms. The number of Topliss-reactive ketones (excluding diaryl/α,β-unsaturated/α-hetero) is 1. The standard InChI is InChI=1S/C14H16Br2N2O3/c1-2-11(19)3-4-12(13(17)20)18-14(21)8-5-9(15)7-10(16)6-8/h5-7,12H,2-4H2,1H3,(H2,17,20)(H,18,21)/t12-/m1/s1. The molecule has 0 bridgehead atoms. The zero-order valence-corrected chi connectivity index (χ0v) is 14.7. The SMILES string of the molecule is CCC(=O)CC[C@@H](NC(=O)c1cc(Br)cc(Br)c1)C(N)=O. The quantitative estimate of drug-likeness (QED) is 0.711. The molecule has 0 heterocycles. The third-order valence-corrected chi connectivity index (χ3v) is 3.80. The summed E-state index contributed by atoms with van der Waals surface area (Å²) in [6, 6.07) is 4.21. The summed E-state index contributed by atoms with van der Waals surface area (Å²) in [5.74, 6) is -1.04. The fraction of sp³-hybridized carbons (Fsp3) is 0.357. The number of amides is 2. The summed E-state index contributed by atoms with van der Waals surface area (Å²) in [6.45, 7) is 1.75. The zero-order chi connectivity index (χ0) is 16.0. The number of hydrogen-bond donors (Lipinski definition) is 2. The van der Waals surface area contributed by atoms with Crippen LogP contribution in [0.15, 0.2) is 27.1 Å². The molecule has 1 atom stereocenters. The van der Waals surface area contributed by atoms with Gasteiger partial charge < -0.3 is 11.1 Å². The highest BCUT2D eigenvalue weighted by Crippen LogP contribution is 2.20. The van der Waals surface area contributed by atoms with Crippen molar-refractivity contribution in [3.8, 4) is 0 Å². The Balaban J connectivity index is 2.76. The minimum absolute atomic E-state index is 0.0284. The van der Waals surface area contributed by atoms with Gasteiger partial charge in [-0.15, -0.1) is 0 Å². The molecular weight excluding hydrogens is 404 g/mol. The van der Waals surface area contributed by atoms with Crippen molar-refractivity contribution >= 4 is 49.5 Å². The number of hydrogen-bond acceptors (Lipinski definition) is 3. The molecule has 0 aromatic heterocycles. The van der Waals surface area contributed by atoms with Gasteiger partial charge in [-0.25, -0.2) is 0 Å². The molecular formula is C14H16Br2N2O3. The molecule has 1 aromatic rings. The van der Waals surface area contributed by atoms with Gasteiger partial charge in [-0.3, -0.25) is 14.4 Å². The summed E-state index contributed by atoms with van der Waals surface area (Å²) in [7, 11) is 0. The average Bonchev–Trinajstić information content (AvgIpc) is 2.41. The lowest BCUT2D eigenvalue weighted by Crippen LogP contribution is -2.44. The largest absolute Gasteiger partial charge is 0.368 e. The summed E-state index contributed by atoms with van der Waals surface area (Å²) in [6.07, 6.45) is 0.827. The van der Waals surface area contributed by atoms with Crippen LogP contribution in [0.3, 0.4) is 0 Å². The molecule has 0 saturated heterocycles. The summed E-state index contributed by atoms with van der Waals surface area (Å²) in [5.41, 5.74) is 5.66. The minimum Gasteiger partial charge on any atom is -0.368 e. The highest BCUT2D eigenvalue weighted by molar-refractivity contribution is 9.11. The Bertz CT molecular complexity index is 541. The summed E-state index contributed by atoms with van der Waals surface area (Å²) < 4.78 is 1.47. The van der Waals surface area contributed by atoms with Crippen molar-refractivity contribution in [2.45, 2.75) is 32.2 Å². The number of ketones is 1. The number of rotatable bonds is 7. The van der Waals surface area contributed by atoms with Crippen molar-refractivity contribution in [2.75, 3.05) is 0 Å². The van der Waals surface area contributed by atoms with Gasteiger partial charge >= 0.3 is 0 Å². The van der Waals surface area contributed by atoms with Crippen LogP contribution in [0, 0.1) is 0 Å². The summed E-state index contributed by atoms with van der Waals surface area (Å²) >= 11 is 6.58. The maximum absolute atomic E-state index is 12.1. The molecule has 0 aliphatic heterocycles. The van der Waals surface area contributed by atoms with E-state index in [-0.39, 0.29) is 18.6 Å². The van der Waals surface area contributed by atoms with Crippen LogP contribution in [0.4, 0.5) is 0 Å². The van der Waals surface area contributed by atoms with Crippen LogP contribution < -0.4 is 11.1 Å². The lowest BCUT2D eigenvalue weighted by atomic mass is 10.1. The molecule has 0 fully saturated rings. The smallest absolute Gasteiger partial charge is 0.252 e. The fourth-order valence-corrected chi connectivity index (χ4v) is 2.99. The van der Waals surface area contributed by atoms with Crippen molar-refractivity contribution in [3.05, 3.63) is 32.7 Å². The number of nitrogens with two attached hydrogens (primary N) is 1. The van der Waals surface area contributed by atoms with Gasteiger partial charge in [0.05, 0.1) is 0 Å². The molecule has 1 aromatic carbocycles. The molecule has 3 N–H and O–H groups in total. The lowest BCUT2D eigenvalue weighted by Gasteiger charge is -2.15. The molecule has 21 heavy (non-hydrogen) atoms. The van der Waals surface area contributed by atoms with Gasteiger partial charge in [0, 0.05) is 27.4 Å². The van der Waals surface area contributed by atoms with Gasteiger partial charge in [-0.05, 0) is 24.6 Å². The maximum Gasteiger partial charge on any atom is 0.252 e. The molecule has 114 valence electrons. The van der Waals surface area contributed by atoms with E-state index in [1.165, 1.54) is 0 Å². The van der Waals surface area contributed by atoms with Crippen LogP contribution in [0.1, 0.15) is 36.5 Å². The van der Waals surface area contributed by atoms with E-state index in [2.05, 4.69) is 37.2 Å². The van der Waals surface area contributed by atoms with Crippen LogP contribution in [0.5, 0.6) is 0 Å². The molecule has 0 radical (unpaired) electrons. The lowest BCUT2D eigenvalue weighted by molar-refractivity contribution is -0.121. The Kier molecular flexibility index (Phi) is 7.04. The highest BCUT2D eigenvalue weighted by atomic mass is 79.9. The monoisotopic (exact) mass is 418 g/mol. The number of nitrogens with one attached hydrogen (secondary N) is 1. The van der Waals surface area contributed by atoms with Crippen molar-refractivity contribution in [3.63, 3.8) is 0 Å². The topological polar surface area (TPSA) is 89.3 Å². The van der Waals surface area contributed by atoms with Gasteiger partial charge in [0.15, 0.2) is 0 Å². The Hall–Kier alpha value is -1.21. The van der Waals surface area contributed by atoms with Crippen molar-refractivity contribution in [2.24, 2.45) is 5.73 Å². The average molecular weight is 420 g/mol.